The summed E-state index contributed by atoms with van der Waals surface area (Å²) in [7, 11) is 0. The van der Waals surface area contributed by atoms with Crippen LogP contribution in [0.4, 0.5) is 0 Å². The van der Waals surface area contributed by atoms with E-state index in [1.165, 1.54) is 25.7 Å². The van der Waals surface area contributed by atoms with Crippen molar-refractivity contribution in [1.29, 1.82) is 5.26 Å². The smallest absolute Gasteiger partial charge is 0.164 e. The zero-order valence-electron chi connectivity index (χ0n) is 20.6. The van der Waals surface area contributed by atoms with Gasteiger partial charge in [0.15, 0.2) is 17.5 Å². The molecule has 3 aromatic heterocycles. The molecule has 0 aliphatic heterocycles. The van der Waals surface area contributed by atoms with Crippen molar-refractivity contribution in [3.05, 3.63) is 121 Å². The molecule has 6 heteroatoms. The molecule has 7 rings (SSSR count). The number of rotatable bonds is 4. The number of nitriles is 1. The first-order valence-electron chi connectivity index (χ1n) is 12.4. The third-order valence-electron chi connectivity index (χ3n) is 6.70. The van der Waals surface area contributed by atoms with Gasteiger partial charge in [-0.05, 0) is 65.7 Å². The molecule has 0 aliphatic rings. The van der Waals surface area contributed by atoms with E-state index in [2.05, 4.69) is 77.8 Å². The Hall–Kier alpha value is -5.25. The van der Waals surface area contributed by atoms with Crippen molar-refractivity contribution in [2.75, 3.05) is 0 Å². The van der Waals surface area contributed by atoms with E-state index in [1.807, 2.05) is 35.6 Å². The van der Waals surface area contributed by atoms with Crippen LogP contribution in [-0.2, 0) is 0 Å². The summed E-state index contributed by atoms with van der Waals surface area (Å²) in [6.45, 7) is 0. The number of nitrogens with zero attached hydrogens (tertiary/aromatic N) is 5. The fourth-order valence-corrected chi connectivity index (χ4v) is 5.76. The topological polar surface area (TPSA) is 75.3 Å². The van der Waals surface area contributed by atoms with Crippen molar-refractivity contribution in [2.24, 2.45) is 0 Å². The van der Waals surface area contributed by atoms with Gasteiger partial charge in [-0.3, -0.25) is 4.98 Å². The van der Waals surface area contributed by atoms with Crippen molar-refractivity contribution in [2.45, 2.75) is 0 Å². The normalized spacial score (nSPS) is 11.1. The van der Waals surface area contributed by atoms with Crippen LogP contribution in [0.2, 0.25) is 0 Å². The fourth-order valence-electron chi connectivity index (χ4n) is 4.68. The zero-order chi connectivity index (χ0) is 26.2. The molecule has 4 aromatic carbocycles. The van der Waals surface area contributed by atoms with Crippen LogP contribution in [0.3, 0.4) is 0 Å². The summed E-state index contributed by atoms with van der Waals surface area (Å²) >= 11 is 1.82. The van der Waals surface area contributed by atoms with Gasteiger partial charge in [0.05, 0.1) is 11.6 Å². The van der Waals surface area contributed by atoms with E-state index in [0.29, 0.717) is 23.0 Å². The lowest BCUT2D eigenvalue weighted by Gasteiger charge is -2.09. The highest BCUT2D eigenvalue weighted by Gasteiger charge is 2.13. The van der Waals surface area contributed by atoms with Gasteiger partial charge < -0.3 is 0 Å². The van der Waals surface area contributed by atoms with Crippen LogP contribution >= 0.6 is 11.3 Å². The second-order valence-corrected chi connectivity index (χ2v) is 10.2. The second-order valence-electron chi connectivity index (χ2n) is 9.12. The standard InChI is InChI=1S/C33H19N5S/c34-20-21-5-7-23(8-6-21)31-36-32(38-33(37-31)25-15-17-35-18-16-25)24-11-9-22(10-12-24)26-13-14-30-28(19-26)27-3-1-2-4-29(27)39-30/h1-19H. The number of fused-ring (bicyclic) bond motifs is 3. The molecule has 0 saturated heterocycles. The highest BCUT2D eigenvalue weighted by Crippen LogP contribution is 2.36. The maximum absolute atomic E-state index is 9.18. The molecular weight excluding hydrogens is 498 g/mol. The van der Waals surface area contributed by atoms with Crippen molar-refractivity contribution in [3.8, 4) is 51.4 Å². The molecule has 5 nitrogen and oxygen atoms in total. The Morgan fingerprint density at radius 3 is 1.72 bits per heavy atom. The second kappa shape index (κ2) is 9.56. The fraction of sp³-hybridized carbons (Fsp3) is 0. The Kier molecular flexibility index (Phi) is 5.62. The van der Waals surface area contributed by atoms with Gasteiger partial charge in [0, 0.05) is 49.3 Å². The van der Waals surface area contributed by atoms with Crippen molar-refractivity contribution < 1.29 is 0 Å². The molecule has 3 heterocycles. The summed E-state index contributed by atoms with van der Waals surface area (Å²) in [5.74, 6) is 1.71. The minimum atomic E-state index is 0.551. The molecule has 0 spiro atoms. The monoisotopic (exact) mass is 517 g/mol. The van der Waals surface area contributed by atoms with Gasteiger partial charge >= 0.3 is 0 Å². The maximum Gasteiger partial charge on any atom is 0.164 e. The molecule has 0 fully saturated rings. The number of hydrogen-bond acceptors (Lipinski definition) is 6. The van der Waals surface area contributed by atoms with E-state index in [-0.39, 0.29) is 0 Å². The van der Waals surface area contributed by atoms with E-state index in [4.69, 9.17) is 15.0 Å². The first-order valence-corrected chi connectivity index (χ1v) is 13.3. The number of aromatic nitrogens is 4. The lowest BCUT2D eigenvalue weighted by Crippen LogP contribution is -2.00. The molecule has 0 radical (unpaired) electrons. The molecule has 7 aromatic rings. The summed E-state index contributed by atoms with van der Waals surface area (Å²) in [5, 5.41) is 11.8. The lowest BCUT2D eigenvalue weighted by atomic mass is 10.0. The molecular formula is C33H19N5S. The predicted octanol–water partition coefficient (Wildman–Crippen LogP) is 8.17. The minimum absolute atomic E-state index is 0.551. The first kappa shape index (κ1) is 22.9. The molecule has 0 N–H and O–H groups in total. The molecule has 0 amide bonds. The molecule has 0 atom stereocenters. The average Bonchev–Trinajstić information content (AvgIpc) is 3.39. The highest BCUT2D eigenvalue weighted by atomic mass is 32.1. The molecule has 0 unspecified atom stereocenters. The quantitative estimate of drug-likeness (QED) is 0.235. The van der Waals surface area contributed by atoms with Gasteiger partial charge in [-0.2, -0.15) is 5.26 Å². The van der Waals surface area contributed by atoms with Crippen molar-refractivity contribution in [3.63, 3.8) is 0 Å². The number of pyridine rings is 1. The summed E-state index contributed by atoms with van der Waals surface area (Å²) in [5.41, 5.74) is 5.47. The predicted molar refractivity (Wildman–Crippen MR) is 157 cm³/mol. The van der Waals surface area contributed by atoms with Gasteiger partial charge in [0.1, 0.15) is 0 Å². The Bertz CT molecular complexity index is 2010. The Morgan fingerprint density at radius 2 is 1.05 bits per heavy atom. The summed E-state index contributed by atoms with van der Waals surface area (Å²) in [6, 6.07) is 36.7. The van der Waals surface area contributed by atoms with Crippen LogP contribution in [0.5, 0.6) is 0 Å². The average molecular weight is 518 g/mol. The van der Waals surface area contributed by atoms with Crippen LogP contribution in [0, 0.1) is 11.3 Å². The lowest BCUT2D eigenvalue weighted by molar-refractivity contribution is 1.07. The van der Waals surface area contributed by atoms with Gasteiger partial charge in [-0.15, -0.1) is 11.3 Å². The summed E-state index contributed by atoms with van der Waals surface area (Å²) < 4.78 is 2.60. The van der Waals surface area contributed by atoms with Crippen LogP contribution in [0.15, 0.2) is 116 Å². The molecule has 39 heavy (non-hydrogen) atoms. The van der Waals surface area contributed by atoms with E-state index < -0.39 is 0 Å². The van der Waals surface area contributed by atoms with Gasteiger partial charge in [0.25, 0.3) is 0 Å². The van der Waals surface area contributed by atoms with Crippen LogP contribution < -0.4 is 0 Å². The number of thiophene rings is 1. The van der Waals surface area contributed by atoms with Crippen molar-refractivity contribution in [1.82, 2.24) is 19.9 Å². The number of hydrogen-bond donors (Lipinski definition) is 0. The summed E-state index contributed by atoms with van der Waals surface area (Å²) in [6.07, 6.45) is 3.45. The minimum Gasteiger partial charge on any atom is -0.265 e. The van der Waals surface area contributed by atoms with Crippen molar-refractivity contribution >= 4 is 31.5 Å². The van der Waals surface area contributed by atoms with E-state index in [9.17, 15) is 5.26 Å². The van der Waals surface area contributed by atoms with Crippen LogP contribution in [0.1, 0.15) is 5.56 Å². The zero-order valence-corrected chi connectivity index (χ0v) is 21.4. The maximum atomic E-state index is 9.18. The summed E-state index contributed by atoms with van der Waals surface area (Å²) in [4.78, 5) is 18.5. The highest BCUT2D eigenvalue weighted by molar-refractivity contribution is 7.25. The van der Waals surface area contributed by atoms with E-state index in [1.54, 1.807) is 24.5 Å². The third kappa shape index (κ3) is 4.31. The van der Waals surface area contributed by atoms with E-state index >= 15 is 0 Å². The Labute approximate surface area is 228 Å². The Morgan fingerprint density at radius 1 is 0.513 bits per heavy atom. The van der Waals surface area contributed by atoms with Gasteiger partial charge in [-0.25, -0.2) is 15.0 Å². The first-order chi connectivity index (χ1) is 19.2. The van der Waals surface area contributed by atoms with Crippen LogP contribution in [0.25, 0.3) is 65.5 Å². The number of benzene rings is 4. The van der Waals surface area contributed by atoms with E-state index in [0.717, 1.165) is 22.3 Å². The van der Waals surface area contributed by atoms with Gasteiger partial charge in [0.2, 0.25) is 0 Å². The van der Waals surface area contributed by atoms with Gasteiger partial charge in [-0.1, -0.05) is 48.5 Å². The SMILES string of the molecule is N#Cc1ccc(-c2nc(-c3ccncc3)nc(-c3ccc(-c4ccc5sc6ccccc6c5c4)cc3)n2)cc1. The largest absolute Gasteiger partial charge is 0.265 e. The molecule has 0 bridgehead atoms. The molecule has 0 aliphatic carbocycles. The molecule has 0 saturated carbocycles. The van der Waals surface area contributed by atoms with Crippen LogP contribution in [-0.4, -0.2) is 19.9 Å². The molecule has 182 valence electrons. The Balaban J connectivity index is 1.29. The third-order valence-corrected chi connectivity index (χ3v) is 7.85.